The highest BCUT2D eigenvalue weighted by Crippen LogP contribution is 2.21. The van der Waals surface area contributed by atoms with E-state index < -0.39 is 0 Å². The predicted octanol–water partition coefficient (Wildman–Crippen LogP) is 2.65. The normalized spacial score (nSPS) is 15.0. The van der Waals surface area contributed by atoms with Gasteiger partial charge in [-0.15, -0.1) is 0 Å². The van der Waals surface area contributed by atoms with Crippen LogP contribution in [0.2, 0.25) is 0 Å². The van der Waals surface area contributed by atoms with Gasteiger partial charge in [0.1, 0.15) is 0 Å². The van der Waals surface area contributed by atoms with E-state index >= 15 is 0 Å². The van der Waals surface area contributed by atoms with E-state index in [1.807, 2.05) is 18.2 Å². The fraction of sp³-hybridized carbons (Fsp3) is 0.429. The van der Waals surface area contributed by atoms with Gasteiger partial charge in [-0.3, -0.25) is 4.79 Å². The number of halogens is 2. The first-order valence-corrected chi connectivity index (χ1v) is 8.18. The summed E-state index contributed by atoms with van der Waals surface area (Å²) in [5, 5.41) is 0. The first-order valence-electron chi connectivity index (χ1n) is 6.60. The average Bonchev–Trinajstić information content (AvgIpc) is 2.44. The van der Waals surface area contributed by atoms with Crippen LogP contribution in [0.5, 0.6) is 0 Å². The highest BCUT2D eigenvalue weighted by molar-refractivity contribution is 9.11. The highest BCUT2D eigenvalue weighted by atomic mass is 79.9. The molecule has 0 unspecified atom stereocenters. The molecule has 0 atom stereocenters. The Labute approximate surface area is 141 Å². The molecule has 3 amide bonds. The number of carbonyl (C=O) groups excluding carboxylic acids is 2. The SMILES string of the molecule is CN(C)C(=O)N1CCN(C(=O)c2cc(Br)cc(Br)c2)CC1. The van der Waals surface area contributed by atoms with E-state index in [-0.39, 0.29) is 11.9 Å². The minimum absolute atomic E-state index is 0.00560. The zero-order valence-corrected chi connectivity index (χ0v) is 15.1. The van der Waals surface area contributed by atoms with E-state index in [0.29, 0.717) is 31.7 Å². The Hall–Kier alpha value is -1.08. The van der Waals surface area contributed by atoms with Crippen LogP contribution in [0.25, 0.3) is 0 Å². The summed E-state index contributed by atoms with van der Waals surface area (Å²) in [5.41, 5.74) is 0.642. The van der Waals surface area contributed by atoms with Crippen molar-refractivity contribution in [2.75, 3.05) is 40.3 Å². The third-order valence-corrected chi connectivity index (χ3v) is 4.25. The number of nitrogens with zero attached hydrogens (tertiary/aromatic N) is 3. The van der Waals surface area contributed by atoms with Crippen molar-refractivity contribution in [3.63, 3.8) is 0 Å². The third kappa shape index (κ3) is 3.97. The smallest absolute Gasteiger partial charge is 0.319 e. The first-order chi connectivity index (χ1) is 9.88. The lowest BCUT2D eigenvalue weighted by Gasteiger charge is -2.36. The number of hydrogen-bond acceptors (Lipinski definition) is 2. The fourth-order valence-corrected chi connectivity index (χ4v) is 3.54. The highest BCUT2D eigenvalue weighted by Gasteiger charge is 2.25. The van der Waals surface area contributed by atoms with Crippen LogP contribution in [0.4, 0.5) is 4.79 Å². The number of amides is 3. The maximum Gasteiger partial charge on any atom is 0.319 e. The van der Waals surface area contributed by atoms with Crippen molar-refractivity contribution in [2.24, 2.45) is 0 Å². The summed E-state index contributed by atoms with van der Waals surface area (Å²) >= 11 is 6.78. The summed E-state index contributed by atoms with van der Waals surface area (Å²) in [6, 6.07) is 5.51. The van der Waals surface area contributed by atoms with Crippen molar-refractivity contribution < 1.29 is 9.59 Å². The summed E-state index contributed by atoms with van der Waals surface area (Å²) in [6.07, 6.45) is 0. The second-order valence-electron chi connectivity index (χ2n) is 5.11. The molecule has 5 nitrogen and oxygen atoms in total. The molecule has 1 aliphatic rings. The zero-order valence-electron chi connectivity index (χ0n) is 12.0. The molecular formula is C14H17Br2N3O2. The summed E-state index contributed by atoms with van der Waals surface area (Å²) in [5.74, 6) is -0.00560. The third-order valence-electron chi connectivity index (χ3n) is 3.33. The molecule has 1 aromatic carbocycles. The summed E-state index contributed by atoms with van der Waals surface area (Å²) in [6.45, 7) is 2.25. The largest absolute Gasteiger partial charge is 0.335 e. The van der Waals surface area contributed by atoms with Gasteiger partial charge in [0, 0.05) is 54.8 Å². The van der Waals surface area contributed by atoms with Gasteiger partial charge >= 0.3 is 6.03 Å². The molecule has 0 bridgehead atoms. The molecular weight excluding hydrogens is 402 g/mol. The molecule has 1 aromatic rings. The van der Waals surface area contributed by atoms with Crippen molar-refractivity contribution in [3.8, 4) is 0 Å². The second kappa shape index (κ2) is 6.79. The molecule has 0 radical (unpaired) electrons. The van der Waals surface area contributed by atoms with E-state index in [2.05, 4.69) is 31.9 Å². The Bertz CT molecular complexity index is 535. The van der Waals surface area contributed by atoms with Crippen LogP contribution in [0.1, 0.15) is 10.4 Å². The Balaban J connectivity index is 2.02. The van der Waals surface area contributed by atoms with Crippen LogP contribution in [-0.2, 0) is 0 Å². The topological polar surface area (TPSA) is 43.9 Å². The van der Waals surface area contributed by atoms with Gasteiger partial charge in [0.05, 0.1) is 0 Å². The van der Waals surface area contributed by atoms with Gasteiger partial charge in [-0.25, -0.2) is 4.79 Å². The lowest BCUT2D eigenvalue weighted by Crippen LogP contribution is -2.52. The molecule has 0 aliphatic carbocycles. The van der Waals surface area contributed by atoms with Crippen molar-refractivity contribution in [1.29, 1.82) is 0 Å². The molecule has 0 saturated carbocycles. The van der Waals surface area contributed by atoms with Crippen LogP contribution in [0, 0.1) is 0 Å². The molecule has 21 heavy (non-hydrogen) atoms. The molecule has 1 aliphatic heterocycles. The van der Waals surface area contributed by atoms with E-state index in [1.165, 1.54) is 0 Å². The second-order valence-corrected chi connectivity index (χ2v) is 6.95. The van der Waals surface area contributed by atoms with Gasteiger partial charge in [-0.05, 0) is 18.2 Å². The van der Waals surface area contributed by atoms with Crippen molar-refractivity contribution in [3.05, 3.63) is 32.7 Å². The number of rotatable bonds is 1. The van der Waals surface area contributed by atoms with Crippen LogP contribution in [0.15, 0.2) is 27.1 Å². The Morgan fingerprint density at radius 1 is 0.952 bits per heavy atom. The van der Waals surface area contributed by atoms with Gasteiger partial charge in [0.25, 0.3) is 5.91 Å². The summed E-state index contributed by atoms with van der Waals surface area (Å²) in [4.78, 5) is 29.5. The number of carbonyl (C=O) groups is 2. The molecule has 114 valence electrons. The van der Waals surface area contributed by atoms with Gasteiger partial charge in [0.15, 0.2) is 0 Å². The quantitative estimate of drug-likeness (QED) is 0.703. The minimum Gasteiger partial charge on any atom is -0.335 e. The Morgan fingerprint density at radius 2 is 1.43 bits per heavy atom. The standard InChI is InChI=1S/C14H17Br2N3O2/c1-17(2)14(21)19-5-3-18(4-6-19)13(20)10-7-11(15)9-12(16)8-10/h7-9H,3-6H2,1-2H3. The fourth-order valence-electron chi connectivity index (χ4n) is 2.24. The van der Waals surface area contributed by atoms with Gasteiger partial charge in [0.2, 0.25) is 0 Å². The molecule has 7 heteroatoms. The molecule has 0 aromatic heterocycles. The Kier molecular flexibility index (Phi) is 5.27. The van der Waals surface area contributed by atoms with Crippen LogP contribution < -0.4 is 0 Å². The number of hydrogen-bond donors (Lipinski definition) is 0. The van der Waals surface area contributed by atoms with Crippen LogP contribution in [-0.4, -0.2) is 66.9 Å². The van der Waals surface area contributed by atoms with Gasteiger partial charge < -0.3 is 14.7 Å². The maximum atomic E-state index is 12.5. The lowest BCUT2D eigenvalue weighted by molar-refractivity contribution is 0.0650. The van der Waals surface area contributed by atoms with Crippen molar-refractivity contribution in [1.82, 2.24) is 14.7 Å². The van der Waals surface area contributed by atoms with Gasteiger partial charge in [-0.2, -0.15) is 0 Å². The van der Waals surface area contributed by atoms with E-state index in [4.69, 9.17) is 0 Å². The molecule has 1 fully saturated rings. The Morgan fingerprint density at radius 3 is 1.90 bits per heavy atom. The van der Waals surface area contributed by atoms with Crippen LogP contribution >= 0.6 is 31.9 Å². The number of piperazine rings is 1. The van der Waals surface area contributed by atoms with E-state index in [1.54, 1.807) is 28.8 Å². The van der Waals surface area contributed by atoms with Crippen molar-refractivity contribution >= 4 is 43.8 Å². The monoisotopic (exact) mass is 417 g/mol. The molecule has 1 saturated heterocycles. The van der Waals surface area contributed by atoms with Crippen LogP contribution in [0.3, 0.4) is 0 Å². The number of urea groups is 1. The molecule has 1 heterocycles. The van der Waals surface area contributed by atoms with E-state index in [9.17, 15) is 9.59 Å². The first kappa shape index (κ1) is 16.3. The molecule has 0 N–H and O–H groups in total. The lowest BCUT2D eigenvalue weighted by atomic mass is 10.2. The maximum absolute atomic E-state index is 12.5. The number of benzene rings is 1. The zero-order chi connectivity index (χ0) is 15.6. The molecule has 0 spiro atoms. The predicted molar refractivity (Wildman–Crippen MR) is 88.4 cm³/mol. The molecule has 2 rings (SSSR count). The summed E-state index contributed by atoms with van der Waals surface area (Å²) < 4.78 is 1.73. The van der Waals surface area contributed by atoms with Gasteiger partial charge in [-0.1, -0.05) is 31.9 Å². The summed E-state index contributed by atoms with van der Waals surface area (Å²) in [7, 11) is 3.47. The van der Waals surface area contributed by atoms with Crippen molar-refractivity contribution in [2.45, 2.75) is 0 Å². The van der Waals surface area contributed by atoms with E-state index in [0.717, 1.165) is 8.95 Å². The minimum atomic E-state index is -0.00713. The average molecular weight is 419 g/mol.